The van der Waals surface area contributed by atoms with Crippen molar-refractivity contribution < 1.29 is 13.7 Å². The van der Waals surface area contributed by atoms with Crippen LogP contribution in [-0.4, -0.2) is 13.1 Å². The van der Waals surface area contributed by atoms with E-state index in [2.05, 4.69) is 0 Å². The van der Waals surface area contributed by atoms with Crippen molar-refractivity contribution in [1.82, 2.24) is 0 Å². The van der Waals surface area contributed by atoms with Crippen LogP contribution in [0.2, 0.25) is 0 Å². The third kappa shape index (κ3) is 2.53. The zero-order valence-electron chi connectivity index (χ0n) is 8.73. The lowest BCUT2D eigenvalue weighted by atomic mass is 10.1. The van der Waals surface area contributed by atoms with Crippen molar-refractivity contribution in [3.8, 4) is 0 Å². The van der Waals surface area contributed by atoms with Crippen molar-refractivity contribution >= 4 is 0 Å². The predicted octanol–water partition coefficient (Wildman–Crippen LogP) is 1.53. The molecule has 0 unspecified atom stereocenters. The molecule has 1 saturated heterocycles. The Bertz CT molecular complexity index is 312. The third-order valence-corrected chi connectivity index (χ3v) is 3.05. The van der Waals surface area contributed by atoms with E-state index in [1.807, 2.05) is 0 Å². The molecule has 1 fully saturated rings. The van der Waals surface area contributed by atoms with Gasteiger partial charge in [0.15, 0.2) is 0 Å². The Morgan fingerprint density at radius 1 is 1.00 bits per heavy atom. The van der Waals surface area contributed by atoms with Crippen LogP contribution in [0.3, 0.4) is 0 Å². The Hall–Kier alpha value is -0.960. The minimum atomic E-state index is -0.409. The first-order valence-corrected chi connectivity index (χ1v) is 5.54. The van der Waals surface area contributed by atoms with Gasteiger partial charge in [0.2, 0.25) is 0 Å². The highest BCUT2D eigenvalue weighted by molar-refractivity contribution is 5.18. The van der Waals surface area contributed by atoms with Gasteiger partial charge in [-0.3, -0.25) is 0 Å². The van der Waals surface area contributed by atoms with Crippen LogP contribution in [0.25, 0.3) is 0 Å². The van der Waals surface area contributed by atoms with Gasteiger partial charge in [-0.25, -0.2) is 8.78 Å². The van der Waals surface area contributed by atoms with Gasteiger partial charge in [-0.1, -0.05) is 6.07 Å². The predicted molar refractivity (Wildman–Crippen MR) is 54.6 cm³/mol. The van der Waals surface area contributed by atoms with Gasteiger partial charge in [0.25, 0.3) is 0 Å². The van der Waals surface area contributed by atoms with Crippen LogP contribution in [0.1, 0.15) is 24.8 Å². The first kappa shape index (κ1) is 10.6. The van der Waals surface area contributed by atoms with Gasteiger partial charge < -0.3 is 4.90 Å². The monoisotopic (exact) mass is 212 g/mol. The Morgan fingerprint density at radius 3 is 2.20 bits per heavy atom. The molecule has 1 aliphatic rings. The smallest absolute Gasteiger partial charge is 0.135 e. The zero-order chi connectivity index (χ0) is 10.7. The van der Waals surface area contributed by atoms with Gasteiger partial charge in [-0.15, -0.1) is 0 Å². The van der Waals surface area contributed by atoms with E-state index in [0.717, 1.165) is 13.1 Å². The van der Waals surface area contributed by atoms with Gasteiger partial charge in [0.05, 0.1) is 18.7 Å². The molecule has 15 heavy (non-hydrogen) atoms. The molecule has 1 heterocycles. The topological polar surface area (TPSA) is 4.44 Å². The molecule has 2 rings (SSSR count). The van der Waals surface area contributed by atoms with Crippen molar-refractivity contribution in [2.24, 2.45) is 0 Å². The fourth-order valence-electron chi connectivity index (χ4n) is 2.18. The van der Waals surface area contributed by atoms with Crippen molar-refractivity contribution in [3.63, 3.8) is 0 Å². The molecule has 1 aromatic carbocycles. The van der Waals surface area contributed by atoms with Gasteiger partial charge in [0.1, 0.15) is 18.2 Å². The Labute approximate surface area is 88.7 Å². The molecule has 1 nitrogen and oxygen atoms in total. The van der Waals surface area contributed by atoms with Crippen LogP contribution in [0.15, 0.2) is 18.2 Å². The number of nitrogens with one attached hydrogen (secondary N) is 1. The Morgan fingerprint density at radius 2 is 1.60 bits per heavy atom. The molecular weight excluding hydrogens is 196 g/mol. The van der Waals surface area contributed by atoms with E-state index in [1.165, 1.54) is 42.4 Å². The summed E-state index contributed by atoms with van der Waals surface area (Å²) in [6.07, 6.45) is 3.60. The standard InChI is InChI=1S/C12H15F2N/c13-11-5-4-6-12(14)10(11)9-15-7-2-1-3-8-15/h4-6H,1-3,7-9H2/p+1. The van der Waals surface area contributed by atoms with Crippen LogP contribution in [0.5, 0.6) is 0 Å². The fraction of sp³-hybridized carbons (Fsp3) is 0.500. The Balaban J connectivity index is 2.09. The molecule has 1 aliphatic heterocycles. The Kier molecular flexibility index (Phi) is 3.31. The molecule has 82 valence electrons. The number of hydrogen-bond donors (Lipinski definition) is 1. The molecule has 0 amide bonds. The molecule has 1 aromatic rings. The summed E-state index contributed by atoms with van der Waals surface area (Å²) in [6, 6.07) is 4.09. The van der Waals surface area contributed by atoms with E-state index in [4.69, 9.17) is 0 Å². The van der Waals surface area contributed by atoms with E-state index in [0.29, 0.717) is 6.54 Å². The first-order valence-electron chi connectivity index (χ1n) is 5.54. The van der Waals surface area contributed by atoms with Crippen molar-refractivity contribution in [1.29, 1.82) is 0 Å². The molecule has 0 bridgehead atoms. The fourth-order valence-corrected chi connectivity index (χ4v) is 2.18. The van der Waals surface area contributed by atoms with Crippen molar-refractivity contribution in [2.75, 3.05) is 13.1 Å². The maximum Gasteiger partial charge on any atom is 0.135 e. The maximum absolute atomic E-state index is 13.4. The highest BCUT2D eigenvalue weighted by atomic mass is 19.1. The summed E-state index contributed by atoms with van der Waals surface area (Å²) in [5.41, 5.74) is 0.245. The second kappa shape index (κ2) is 4.71. The molecule has 3 heteroatoms. The number of likely N-dealkylation sites (tertiary alicyclic amines) is 1. The molecule has 1 N–H and O–H groups in total. The van der Waals surface area contributed by atoms with Crippen LogP contribution in [-0.2, 0) is 6.54 Å². The van der Waals surface area contributed by atoms with Gasteiger partial charge in [-0.2, -0.15) is 0 Å². The third-order valence-electron chi connectivity index (χ3n) is 3.05. The molecule has 0 saturated carbocycles. The zero-order valence-corrected chi connectivity index (χ0v) is 8.73. The lowest BCUT2D eigenvalue weighted by Gasteiger charge is -2.23. The molecule has 0 atom stereocenters. The maximum atomic E-state index is 13.4. The highest BCUT2D eigenvalue weighted by Crippen LogP contribution is 2.10. The first-order chi connectivity index (χ1) is 7.27. The average Bonchev–Trinajstić information content (AvgIpc) is 2.25. The number of piperidine rings is 1. The summed E-state index contributed by atoms with van der Waals surface area (Å²) >= 11 is 0. The summed E-state index contributed by atoms with van der Waals surface area (Å²) in [4.78, 5) is 1.30. The van der Waals surface area contributed by atoms with E-state index in [9.17, 15) is 8.78 Å². The molecule has 0 radical (unpaired) electrons. The van der Waals surface area contributed by atoms with Crippen LogP contribution < -0.4 is 4.90 Å². The second-order valence-electron chi connectivity index (χ2n) is 4.19. The SMILES string of the molecule is Fc1cccc(F)c1C[NH+]1CCCCC1. The van der Waals surface area contributed by atoms with E-state index < -0.39 is 11.6 Å². The lowest BCUT2D eigenvalue weighted by molar-refractivity contribution is -0.918. The quantitative estimate of drug-likeness (QED) is 0.758. The van der Waals surface area contributed by atoms with Crippen LogP contribution in [0.4, 0.5) is 8.78 Å². The van der Waals surface area contributed by atoms with E-state index >= 15 is 0 Å². The lowest BCUT2D eigenvalue weighted by Crippen LogP contribution is -3.11. The normalized spacial score (nSPS) is 18.0. The van der Waals surface area contributed by atoms with Crippen LogP contribution in [0, 0.1) is 11.6 Å². The minimum absolute atomic E-state index is 0.245. The largest absolute Gasteiger partial charge is 0.331 e. The average molecular weight is 212 g/mol. The summed E-state index contributed by atoms with van der Waals surface area (Å²) in [7, 11) is 0. The number of halogens is 2. The molecule has 0 spiro atoms. The second-order valence-corrected chi connectivity index (χ2v) is 4.19. The van der Waals surface area contributed by atoms with Gasteiger partial charge in [0, 0.05) is 0 Å². The molecule has 0 aliphatic carbocycles. The number of hydrogen-bond acceptors (Lipinski definition) is 0. The minimum Gasteiger partial charge on any atom is -0.331 e. The van der Waals surface area contributed by atoms with Crippen LogP contribution >= 0.6 is 0 Å². The summed E-state index contributed by atoms with van der Waals surface area (Å²) < 4.78 is 26.7. The summed E-state index contributed by atoms with van der Waals surface area (Å²) in [6.45, 7) is 2.56. The summed E-state index contributed by atoms with van der Waals surface area (Å²) in [5.74, 6) is -0.818. The highest BCUT2D eigenvalue weighted by Gasteiger charge is 2.18. The van der Waals surface area contributed by atoms with Gasteiger partial charge in [-0.05, 0) is 31.4 Å². The molecular formula is C12H16F2N+. The summed E-state index contributed by atoms with van der Waals surface area (Å²) in [5, 5.41) is 0. The van der Waals surface area contributed by atoms with Crippen molar-refractivity contribution in [3.05, 3.63) is 35.4 Å². The van der Waals surface area contributed by atoms with E-state index in [-0.39, 0.29) is 5.56 Å². The number of benzene rings is 1. The van der Waals surface area contributed by atoms with Gasteiger partial charge >= 0.3 is 0 Å². The number of rotatable bonds is 2. The van der Waals surface area contributed by atoms with E-state index in [1.54, 1.807) is 0 Å². The number of quaternary nitrogens is 1. The molecule has 0 aromatic heterocycles. The van der Waals surface area contributed by atoms with Crippen molar-refractivity contribution in [2.45, 2.75) is 25.8 Å².